The van der Waals surface area contributed by atoms with Gasteiger partial charge in [-0.15, -0.1) is 11.3 Å². The van der Waals surface area contributed by atoms with Crippen molar-refractivity contribution in [2.45, 2.75) is 26.0 Å². The molecule has 2 heterocycles. The Kier molecular flexibility index (Phi) is 4.49. The second-order valence-electron chi connectivity index (χ2n) is 4.75. The van der Waals surface area contributed by atoms with E-state index in [9.17, 15) is 5.11 Å². The molecule has 1 unspecified atom stereocenters. The number of benzene rings is 1. The van der Waals surface area contributed by atoms with Crippen LogP contribution in [0, 0.1) is 0 Å². The average Bonchev–Trinajstić information content (AvgIpc) is 2.99. The third-order valence-electron chi connectivity index (χ3n) is 3.42. The van der Waals surface area contributed by atoms with Crippen molar-refractivity contribution in [3.05, 3.63) is 49.3 Å². The minimum absolute atomic E-state index is 0.516. The lowest BCUT2D eigenvalue weighted by atomic mass is 10.2. The van der Waals surface area contributed by atoms with Crippen LogP contribution in [0.5, 0.6) is 0 Å². The van der Waals surface area contributed by atoms with Crippen LogP contribution in [0.3, 0.4) is 0 Å². The third kappa shape index (κ3) is 2.95. The molecule has 0 saturated heterocycles. The van der Waals surface area contributed by atoms with Crippen molar-refractivity contribution >= 4 is 54.2 Å². The molecule has 0 aliphatic heterocycles. The van der Waals surface area contributed by atoms with E-state index >= 15 is 0 Å². The molecule has 3 rings (SSSR count). The summed E-state index contributed by atoms with van der Waals surface area (Å²) in [5.74, 6) is 0.923. The monoisotopic (exact) mass is 428 g/mol. The summed E-state index contributed by atoms with van der Waals surface area (Å²) in [6.07, 6.45) is -0.0261. The smallest absolute Gasteiger partial charge is 0.112 e. The molecule has 0 aliphatic rings. The number of fused-ring (bicyclic) bond motifs is 1. The number of hydrogen-bond donors (Lipinski definition) is 1. The van der Waals surface area contributed by atoms with Crippen molar-refractivity contribution in [1.29, 1.82) is 0 Å². The van der Waals surface area contributed by atoms with Crippen LogP contribution in [0.4, 0.5) is 0 Å². The van der Waals surface area contributed by atoms with E-state index in [4.69, 9.17) is 0 Å². The third-order valence-corrected chi connectivity index (χ3v) is 6.78. The SMILES string of the molecule is CCn1c(CC(O)c2cc(Br)c(Br)s2)nc2ccccc21. The summed E-state index contributed by atoms with van der Waals surface area (Å²) in [5, 5.41) is 10.5. The minimum Gasteiger partial charge on any atom is -0.387 e. The van der Waals surface area contributed by atoms with Crippen LogP contribution in [-0.4, -0.2) is 14.7 Å². The molecule has 0 saturated carbocycles. The van der Waals surface area contributed by atoms with Crippen LogP contribution in [0.1, 0.15) is 23.7 Å². The highest BCUT2D eigenvalue weighted by atomic mass is 79.9. The standard InChI is InChI=1S/C15H14Br2N2OS/c1-2-19-11-6-4-3-5-10(11)18-14(19)8-12(20)13-7-9(16)15(17)21-13/h3-7,12,20H,2,8H2,1H3. The zero-order valence-electron chi connectivity index (χ0n) is 11.4. The molecule has 1 aromatic carbocycles. The minimum atomic E-state index is -0.542. The van der Waals surface area contributed by atoms with Gasteiger partial charge in [0.2, 0.25) is 0 Å². The lowest BCUT2D eigenvalue weighted by Crippen LogP contribution is -2.07. The molecule has 2 aromatic heterocycles. The highest BCUT2D eigenvalue weighted by molar-refractivity contribution is 9.13. The predicted octanol–water partition coefficient (Wildman–Crippen LogP) is 4.92. The molecule has 0 amide bonds. The second kappa shape index (κ2) is 6.20. The highest BCUT2D eigenvalue weighted by Crippen LogP contribution is 2.36. The molecule has 0 fully saturated rings. The van der Waals surface area contributed by atoms with Crippen molar-refractivity contribution in [1.82, 2.24) is 9.55 Å². The number of aliphatic hydroxyl groups is 1. The molecule has 0 radical (unpaired) electrons. The molecule has 110 valence electrons. The Morgan fingerprint density at radius 3 is 2.76 bits per heavy atom. The molecule has 21 heavy (non-hydrogen) atoms. The van der Waals surface area contributed by atoms with Crippen LogP contribution in [0.2, 0.25) is 0 Å². The van der Waals surface area contributed by atoms with Gasteiger partial charge in [0.1, 0.15) is 5.82 Å². The molecule has 0 aliphatic carbocycles. The maximum Gasteiger partial charge on any atom is 0.112 e. The van der Waals surface area contributed by atoms with Gasteiger partial charge in [0.05, 0.1) is 20.9 Å². The van der Waals surface area contributed by atoms with Crippen molar-refractivity contribution in [2.24, 2.45) is 0 Å². The van der Waals surface area contributed by atoms with E-state index < -0.39 is 6.10 Å². The Morgan fingerprint density at radius 1 is 1.33 bits per heavy atom. The Morgan fingerprint density at radius 2 is 2.10 bits per heavy atom. The first-order valence-electron chi connectivity index (χ1n) is 6.67. The van der Waals surface area contributed by atoms with E-state index in [0.29, 0.717) is 6.42 Å². The fourth-order valence-corrected chi connectivity index (χ4v) is 4.51. The second-order valence-corrected chi connectivity index (χ2v) is 8.01. The fraction of sp³-hybridized carbons (Fsp3) is 0.267. The maximum absolute atomic E-state index is 10.5. The summed E-state index contributed by atoms with van der Waals surface area (Å²) in [6.45, 7) is 2.95. The molecule has 3 nitrogen and oxygen atoms in total. The average molecular weight is 430 g/mol. The number of rotatable bonds is 4. The summed E-state index contributed by atoms with van der Waals surface area (Å²) < 4.78 is 4.14. The number of nitrogens with zero attached hydrogens (tertiary/aromatic N) is 2. The van der Waals surface area contributed by atoms with E-state index in [1.807, 2.05) is 24.3 Å². The summed E-state index contributed by atoms with van der Waals surface area (Å²) in [7, 11) is 0. The maximum atomic E-state index is 10.5. The lowest BCUT2D eigenvalue weighted by Gasteiger charge is -2.10. The Labute approximate surface area is 143 Å². The molecular weight excluding hydrogens is 416 g/mol. The van der Waals surface area contributed by atoms with Gasteiger partial charge < -0.3 is 9.67 Å². The van der Waals surface area contributed by atoms with Gasteiger partial charge in [0.15, 0.2) is 0 Å². The largest absolute Gasteiger partial charge is 0.387 e. The zero-order chi connectivity index (χ0) is 15.0. The van der Waals surface area contributed by atoms with Gasteiger partial charge >= 0.3 is 0 Å². The van der Waals surface area contributed by atoms with Crippen LogP contribution in [0.25, 0.3) is 11.0 Å². The molecule has 3 aromatic rings. The van der Waals surface area contributed by atoms with Crippen molar-refractivity contribution in [3.8, 4) is 0 Å². The first-order valence-corrected chi connectivity index (χ1v) is 9.07. The summed E-state index contributed by atoms with van der Waals surface area (Å²) in [6, 6.07) is 10.0. The summed E-state index contributed by atoms with van der Waals surface area (Å²) in [4.78, 5) is 5.60. The quantitative estimate of drug-likeness (QED) is 0.639. The first kappa shape index (κ1) is 15.2. The number of imidazole rings is 1. The van der Waals surface area contributed by atoms with E-state index in [0.717, 1.165) is 36.5 Å². The molecule has 6 heteroatoms. The number of halogens is 2. The van der Waals surface area contributed by atoms with Crippen molar-refractivity contribution < 1.29 is 5.11 Å². The number of aliphatic hydroxyl groups excluding tert-OH is 1. The first-order chi connectivity index (χ1) is 10.1. The van der Waals surface area contributed by atoms with E-state index in [1.165, 1.54) is 0 Å². The van der Waals surface area contributed by atoms with E-state index in [2.05, 4.69) is 54.4 Å². The number of aryl methyl sites for hydroxylation is 1. The van der Waals surface area contributed by atoms with Crippen LogP contribution >= 0.6 is 43.2 Å². The molecule has 1 N–H and O–H groups in total. The van der Waals surface area contributed by atoms with Gasteiger partial charge in [0, 0.05) is 22.3 Å². The Balaban J connectivity index is 1.93. The van der Waals surface area contributed by atoms with E-state index in [1.54, 1.807) is 11.3 Å². The number of aromatic nitrogens is 2. The van der Waals surface area contributed by atoms with Gasteiger partial charge in [-0.25, -0.2) is 4.98 Å². The predicted molar refractivity (Wildman–Crippen MR) is 93.8 cm³/mol. The molecular formula is C15H14Br2N2OS. The highest BCUT2D eigenvalue weighted by Gasteiger charge is 2.18. The van der Waals surface area contributed by atoms with Crippen LogP contribution < -0.4 is 0 Å². The van der Waals surface area contributed by atoms with Crippen molar-refractivity contribution in [3.63, 3.8) is 0 Å². The van der Waals surface area contributed by atoms with Gasteiger partial charge in [-0.1, -0.05) is 12.1 Å². The zero-order valence-corrected chi connectivity index (χ0v) is 15.4. The lowest BCUT2D eigenvalue weighted by molar-refractivity contribution is 0.178. The van der Waals surface area contributed by atoms with Crippen LogP contribution in [0.15, 0.2) is 38.6 Å². The number of para-hydroxylation sites is 2. The molecule has 1 atom stereocenters. The van der Waals surface area contributed by atoms with Crippen molar-refractivity contribution in [2.75, 3.05) is 0 Å². The fourth-order valence-electron chi connectivity index (χ4n) is 2.44. The molecule has 0 spiro atoms. The Hall–Kier alpha value is -0.690. The number of hydrogen-bond acceptors (Lipinski definition) is 3. The van der Waals surface area contributed by atoms with Gasteiger partial charge in [-0.3, -0.25) is 0 Å². The van der Waals surface area contributed by atoms with Gasteiger partial charge in [-0.05, 0) is 57.0 Å². The van der Waals surface area contributed by atoms with E-state index in [-0.39, 0.29) is 0 Å². The topological polar surface area (TPSA) is 38.0 Å². The van der Waals surface area contributed by atoms with Gasteiger partial charge in [0.25, 0.3) is 0 Å². The van der Waals surface area contributed by atoms with Gasteiger partial charge in [-0.2, -0.15) is 0 Å². The van der Waals surface area contributed by atoms with Crippen LogP contribution in [-0.2, 0) is 13.0 Å². The summed E-state index contributed by atoms with van der Waals surface area (Å²) >= 11 is 8.47. The normalized spacial score (nSPS) is 13.0. The summed E-state index contributed by atoms with van der Waals surface area (Å²) in [5.41, 5.74) is 2.10. The Bertz CT molecular complexity index is 762. The number of thiophene rings is 1. The molecule has 0 bridgehead atoms.